The van der Waals surface area contributed by atoms with Gasteiger partial charge in [0.25, 0.3) is 0 Å². The number of carboxylic acids is 1. The maximum atomic E-state index is 11.9. The number of sulfone groups is 1. The highest BCUT2D eigenvalue weighted by molar-refractivity contribution is 7.92. The number of benzene rings is 1. The van der Waals surface area contributed by atoms with Crippen LogP contribution in [0.5, 0.6) is 0 Å². The molecule has 0 spiro atoms. The van der Waals surface area contributed by atoms with Gasteiger partial charge in [0, 0.05) is 0 Å². The van der Waals surface area contributed by atoms with Gasteiger partial charge in [-0.2, -0.15) is 0 Å². The highest BCUT2D eigenvalue weighted by Gasteiger charge is 2.23. The van der Waals surface area contributed by atoms with Gasteiger partial charge in [-0.1, -0.05) is 6.07 Å². The lowest BCUT2D eigenvalue weighted by molar-refractivity contribution is -0.137. The minimum Gasteiger partial charge on any atom is -0.478 e. The average Bonchev–Trinajstić information content (AvgIpc) is 2.28. The molecule has 0 bridgehead atoms. The Labute approximate surface area is 104 Å². The molecule has 1 rings (SSSR count). The summed E-state index contributed by atoms with van der Waals surface area (Å²) >= 11 is 0. The first kappa shape index (κ1) is 14.2. The summed E-state index contributed by atoms with van der Waals surface area (Å²) < 4.78 is 28.1. The first-order valence-corrected chi connectivity index (χ1v) is 6.56. The molecule has 0 heterocycles. The number of aromatic carboxylic acids is 1. The van der Waals surface area contributed by atoms with Gasteiger partial charge in [0.15, 0.2) is 15.6 Å². The molecule has 1 N–H and O–H groups in total. The third kappa shape index (κ3) is 3.07. The Bertz CT molecular complexity index is 588. The standard InChI is InChI=1S/C11H12O6S/c1-7-3-4-8(11(13)14)5-9(7)18(15,16)6-10(12)17-2/h3-5H,6H2,1-2H3,(H,13,14). The van der Waals surface area contributed by atoms with Crippen LogP contribution in [0.15, 0.2) is 23.1 Å². The Balaban J connectivity index is 3.27. The number of ether oxygens (including phenoxy) is 1. The molecule has 1 aromatic rings. The predicted molar refractivity (Wildman–Crippen MR) is 62.2 cm³/mol. The second kappa shape index (κ2) is 5.18. The normalized spacial score (nSPS) is 11.0. The molecule has 0 saturated carbocycles. The minimum absolute atomic E-state index is 0.149. The fraction of sp³-hybridized carbons (Fsp3) is 0.273. The van der Waals surface area contributed by atoms with E-state index in [2.05, 4.69) is 4.74 Å². The molecule has 0 fully saturated rings. The summed E-state index contributed by atoms with van der Waals surface area (Å²) in [6, 6.07) is 3.72. The van der Waals surface area contributed by atoms with E-state index in [0.29, 0.717) is 5.56 Å². The van der Waals surface area contributed by atoms with Crippen molar-refractivity contribution >= 4 is 21.8 Å². The molecule has 0 aliphatic heterocycles. The number of rotatable bonds is 4. The second-order valence-corrected chi connectivity index (χ2v) is 5.58. The largest absolute Gasteiger partial charge is 0.478 e. The maximum Gasteiger partial charge on any atom is 0.335 e. The van der Waals surface area contributed by atoms with E-state index in [9.17, 15) is 18.0 Å². The van der Waals surface area contributed by atoms with E-state index in [4.69, 9.17) is 5.11 Å². The smallest absolute Gasteiger partial charge is 0.335 e. The lowest BCUT2D eigenvalue weighted by atomic mass is 10.1. The molecule has 0 aromatic heterocycles. The van der Waals surface area contributed by atoms with Crippen molar-refractivity contribution in [1.29, 1.82) is 0 Å². The van der Waals surface area contributed by atoms with Gasteiger partial charge >= 0.3 is 11.9 Å². The maximum absolute atomic E-state index is 11.9. The molecular weight excluding hydrogens is 260 g/mol. The van der Waals surface area contributed by atoms with Crippen LogP contribution in [0.3, 0.4) is 0 Å². The summed E-state index contributed by atoms with van der Waals surface area (Å²) in [5, 5.41) is 8.81. The lowest BCUT2D eigenvalue weighted by Gasteiger charge is -2.07. The first-order chi connectivity index (χ1) is 8.27. The number of carbonyl (C=O) groups excluding carboxylic acids is 1. The fourth-order valence-corrected chi connectivity index (χ4v) is 2.81. The third-order valence-electron chi connectivity index (χ3n) is 2.31. The van der Waals surface area contributed by atoms with E-state index >= 15 is 0 Å². The Morgan fingerprint density at radius 2 is 1.94 bits per heavy atom. The quantitative estimate of drug-likeness (QED) is 0.808. The highest BCUT2D eigenvalue weighted by Crippen LogP contribution is 2.18. The Morgan fingerprint density at radius 1 is 1.33 bits per heavy atom. The molecule has 0 unspecified atom stereocenters. The number of carbonyl (C=O) groups is 2. The summed E-state index contributed by atoms with van der Waals surface area (Å²) in [5.74, 6) is -2.94. The molecule has 0 amide bonds. The summed E-state index contributed by atoms with van der Waals surface area (Å²) in [6.45, 7) is 1.52. The van der Waals surface area contributed by atoms with Crippen LogP contribution < -0.4 is 0 Å². The van der Waals surface area contributed by atoms with Crippen LogP contribution in [0.2, 0.25) is 0 Å². The molecule has 98 valence electrons. The number of hydrogen-bond acceptors (Lipinski definition) is 5. The van der Waals surface area contributed by atoms with Crippen LogP contribution in [0, 0.1) is 6.92 Å². The molecule has 0 aliphatic carbocycles. The molecule has 0 radical (unpaired) electrons. The molecule has 0 aliphatic rings. The third-order valence-corrected chi connectivity index (χ3v) is 4.03. The summed E-state index contributed by atoms with van der Waals surface area (Å²) in [5.41, 5.74) is 0.230. The second-order valence-electron chi connectivity index (χ2n) is 3.62. The number of aryl methyl sites for hydroxylation is 1. The van der Waals surface area contributed by atoms with Crippen LogP contribution in [0.25, 0.3) is 0 Å². The van der Waals surface area contributed by atoms with E-state index in [1.165, 1.54) is 19.1 Å². The van der Waals surface area contributed by atoms with E-state index in [-0.39, 0.29) is 10.5 Å². The molecule has 18 heavy (non-hydrogen) atoms. The molecule has 6 nitrogen and oxygen atoms in total. The summed E-state index contributed by atoms with van der Waals surface area (Å²) in [7, 11) is -2.81. The predicted octanol–water partition coefficient (Wildman–Crippen LogP) is 0.640. The van der Waals surface area contributed by atoms with Crippen LogP contribution >= 0.6 is 0 Å². The van der Waals surface area contributed by atoms with Gasteiger partial charge in [0.2, 0.25) is 0 Å². The van der Waals surface area contributed by atoms with Crippen molar-refractivity contribution < 1.29 is 27.9 Å². The highest BCUT2D eigenvalue weighted by atomic mass is 32.2. The first-order valence-electron chi connectivity index (χ1n) is 4.91. The van der Waals surface area contributed by atoms with Crippen LogP contribution in [-0.4, -0.2) is 38.3 Å². The lowest BCUT2D eigenvalue weighted by Crippen LogP contribution is -2.18. The van der Waals surface area contributed by atoms with Crippen molar-refractivity contribution in [3.63, 3.8) is 0 Å². The zero-order valence-electron chi connectivity index (χ0n) is 9.84. The van der Waals surface area contributed by atoms with E-state index in [0.717, 1.165) is 13.2 Å². The van der Waals surface area contributed by atoms with Gasteiger partial charge in [-0.25, -0.2) is 13.2 Å². The number of methoxy groups -OCH3 is 1. The number of esters is 1. The van der Waals surface area contributed by atoms with Crippen molar-refractivity contribution in [2.45, 2.75) is 11.8 Å². The summed E-state index contributed by atoms with van der Waals surface area (Å²) in [6.07, 6.45) is 0. The zero-order chi connectivity index (χ0) is 13.9. The van der Waals surface area contributed by atoms with Crippen molar-refractivity contribution in [2.75, 3.05) is 12.9 Å². The van der Waals surface area contributed by atoms with E-state index < -0.39 is 27.5 Å². The van der Waals surface area contributed by atoms with Gasteiger partial charge in [-0.3, -0.25) is 4.79 Å². The molecular formula is C11H12O6S. The fourth-order valence-electron chi connectivity index (χ4n) is 1.36. The number of carboxylic acid groups (broad SMARTS) is 1. The van der Waals surface area contributed by atoms with Crippen molar-refractivity contribution in [3.05, 3.63) is 29.3 Å². The molecule has 0 atom stereocenters. The van der Waals surface area contributed by atoms with Crippen molar-refractivity contribution in [1.82, 2.24) is 0 Å². The van der Waals surface area contributed by atoms with Crippen LogP contribution in [-0.2, 0) is 19.4 Å². The Morgan fingerprint density at radius 3 is 2.44 bits per heavy atom. The topological polar surface area (TPSA) is 97.7 Å². The summed E-state index contributed by atoms with van der Waals surface area (Å²) in [4.78, 5) is 21.6. The van der Waals surface area contributed by atoms with Crippen molar-refractivity contribution in [3.8, 4) is 0 Å². The molecule has 0 saturated heterocycles. The van der Waals surface area contributed by atoms with E-state index in [1.54, 1.807) is 0 Å². The minimum atomic E-state index is -3.90. The Kier molecular flexibility index (Phi) is 4.07. The monoisotopic (exact) mass is 272 g/mol. The Hall–Kier alpha value is -1.89. The molecule has 7 heteroatoms. The van der Waals surface area contributed by atoms with E-state index in [1.807, 2.05) is 0 Å². The van der Waals surface area contributed by atoms with Gasteiger partial charge in [0.05, 0.1) is 17.6 Å². The zero-order valence-corrected chi connectivity index (χ0v) is 10.7. The van der Waals surface area contributed by atoms with Crippen LogP contribution in [0.4, 0.5) is 0 Å². The van der Waals surface area contributed by atoms with Crippen LogP contribution in [0.1, 0.15) is 15.9 Å². The number of hydrogen-bond donors (Lipinski definition) is 1. The van der Waals surface area contributed by atoms with Crippen molar-refractivity contribution in [2.24, 2.45) is 0 Å². The van der Waals surface area contributed by atoms with Gasteiger partial charge in [0.1, 0.15) is 0 Å². The van der Waals surface area contributed by atoms with Gasteiger partial charge in [-0.15, -0.1) is 0 Å². The SMILES string of the molecule is COC(=O)CS(=O)(=O)c1cc(C(=O)O)ccc1C. The van der Waals surface area contributed by atoms with Gasteiger partial charge < -0.3 is 9.84 Å². The average molecular weight is 272 g/mol. The van der Waals surface area contributed by atoms with Gasteiger partial charge in [-0.05, 0) is 24.6 Å². The molecule has 1 aromatic carbocycles.